The van der Waals surface area contributed by atoms with Crippen molar-refractivity contribution in [1.82, 2.24) is 8.61 Å². The standard InChI is InChI=1S/C15H26N4O4S2/c1-13-12-14(4-5-15(13)16)17-6-8-18(24(2,20)21)10-11-19(9-7-17)25(3,22)23/h4-5,12H,6-11,16H2,1-3H3. The van der Waals surface area contributed by atoms with Gasteiger partial charge < -0.3 is 10.6 Å². The Bertz CT molecular complexity index is 780. The van der Waals surface area contributed by atoms with Gasteiger partial charge in [0.05, 0.1) is 12.5 Å². The van der Waals surface area contributed by atoms with Crippen LogP contribution in [-0.2, 0) is 20.0 Å². The van der Waals surface area contributed by atoms with E-state index in [9.17, 15) is 16.8 Å². The summed E-state index contributed by atoms with van der Waals surface area (Å²) in [7, 11) is -6.81. The van der Waals surface area contributed by atoms with Gasteiger partial charge in [-0.1, -0.05) is 0 Å². The van der Waals surface area contributed by atoms with Gasteiger partial charge >= 0.3 is 0 Å². The number of nitrogens with two attached hydrogens (primary N) is 1. The number of rotatable bonds is 3. The van der Waals surface area contributed by atoms with E-state index in [1.807, 2.05) is 24.0 Å². The summed E-state index contributed by atoms with van der Waals surface area (Å²) in [6.45, 7) is 3.78. The molecule has 8 nitrogen and oxygen atoms in total. The first-order chi connectivity index (χ1) is 11.5. The molecule has 2 rings (SSSR count). The Labute approximate surface area is 150 Å². The molecule has 0 spiro atoms. The summed E-state index contributed by atoms with van der Waals surface area (Å²) in [6, 6.07) is 5.61. The van der Waals surface area contributed by atoms with E-state index in [4.69, 9.17) is 5.73 Å². The molecule has 0 saturated carbocycles. The molecule has 1 aliphatic rings. The lowest BCUT2D eigenvalue weighted by atomic mass is 10.1. The summed E-state index contributed by atoms with van der Waals surface area (Å²) >= 11 is 0. The van der Waals surface area contributed by atoms with E-state index in [1.165, 1.54) is 8.61 Å². The summed E-state index contributed by atoms with van der Waals surface area (Å²) in [5, 5.41) is 0. The van der Waals surface area contributed by atoms with E-state index in [0.29, 0.717) is 31.9 Å². The topological polar surface area (TPSA) is 104 Å². The maximum absolute atomic E-state index is 12.0. The summed E-state index contributed by atoms with van der Waals surface area (Å²) in [4.78, 5) is 1.99. The van der Waals surface area contributed by atoms with Crippen molar-refractivity contribution >= 4 is 31.4 Å². The van der Waals surface area contributed by atoms with Crippen LogP contribution in [0.1, 0.15) is 5.56 Å². The highest BCUT2D eigenvalue weighted by atomic mass is 32.2. The van der Waals surface area contributed by atoms with Crippen LogP contribution in [0.15, 0.2) is 18.2 Å². The molecule has 0 unspecified atom stereocenters. The van der Waals surface area contributed by atoms with E-state index >= 15 is 0 Å². The van der Waals surface area contributed by atoms with E-state index in [2.05, 4.69) is 0 Å². The molecule has 1 aromatic rings. The number of hydrogen-bond donors (Lipinski definition) is 1. The number of sulfonamides is 2. The van der Waals surface area contributed by atoms with Gasteiger partial charge in [0.1, 0.15) is 0 Å². The van der Waals surface area contributed by atoms with E-state index in [0.717, 1.165) is 23.8 Å². The molecule has 1 saturated heterocycles. The Hall–Kier alpha value is -1.36. The predicted octanol–water partition coefficient (Wildman–Crippen LogP) is -0.0796. The molecule has 0 bridgehead atoms. The van der Waals surface area contributed by atoms with Crippen LogP contribution in [0, 0.1) is 6.92 Å². The van der Waals surface area contributed by atoms with Crippen LogP contribution in [0.25, 0.3) is 0 Å². The average molecular weight is 391 g/mol. The second kappa shape index (κ2) is 7.48. The van der Waals surface area contributed by atoms with Crippen LogP contribution in [0.4, 0.5) is 11.4 Å². The zero-order valence-corrected chi connectivity index (χ0v) is 16.5. The van der Waals surface area contributed by atoms with Gasteiger partial charge in [-0.15, -0.1) is 0 Å². The lowest BCUT2D eigenvalue weighted by Crippen LogP contribution is -2.40. The monoisotopic (exact) mass is 390 g/mol. The van der Waals surface area contributed by atoms with Gasteiger partial charge in [-0.05, 0) is 30.7 Å². The Morgan fingerprint density at radius 2 is 1.28 bits per heavy atom. The first-order valence-corrected chi connectivity index (χ1v) is 11.7. The quantitative estimate of drug-likeness (QED) is 0.724. The van der Waals surface area contributed by atoms with Crippen molar-refractivity contribution in [3.05, 3.63) is 23.8 Å². The molecule has 1 aromatic carbocycles. The molecule has 0 aliphatic carbocycles. The molecule has 0 radical (unpaired) electrons. The van der Waals surface area contributed by atoms with Crippen molar-refractivity contribution in [1.29, 1.82) is 0 Å². The number of benzene rings is 1. The van der Waals surface area contributed by atoms with E-state index in [-0.39, 0.29) is 13.1 Å². The summed E-state index contributed by atoms with van der Waals surface area (Å²) in [5.74, 6) is 0. The highest BCUT2D eigenvalue weighted by Crippen LogP contribution is 2.21. The van der Waals surface area contributed by atoms with Crippen LogP contribution in [0.2, 0.25) is 0 Å². The number of aryl methyl sites for hydroxylation is 1. The number of hydrogen-bond acceptors (Lipinski definition) is 6. The van der Waals surface area contributed by atoms with Crippen molar-refractivity contribution in [3.8, 4) is 0 Å². The van der Waals surface area contributed by atoms with Crippen molar-refractivity contribution in [2.24, 2.45) is 0 Å². The molecule has 0 amide bonds. The molecule has 1 heterocycles. The highest BCUT2D eigenvalue weighted by Gasteiger charge is 2.25. The molecule has 2 N–H and O–H groups in total. The Morgan fingerprint density at radius 1 is 0.840 bits per heavy atom. The maximum atomic E-state index is 12.0. The van der Waals surface area contributed by atoms with Crippen molar-refractivity contribution in [2.45, 2.75) is 6.92 Å². The molecular formula is C15H26N4O4S2. The normalized spacial score (nSPS) is 19.2. The third-order valence-electron chi connectivity index (χ3n) is 4.39. The van der Waals surface area contributed by atoms with Crippen molar-refractivity contribution in [2.75, 3.05) is 62.4 Å². The third-order valence-corrected chi connectivity index (χ3v) is 7.00. The summed E-state index contributed by atoms with van der Waals surface area (Å²) in [6.07, 6.45) is 2.29. The van der Waals surface area contributed by atoms with Crippen LogP contribution >= 0.6 is 0 Å². The molecule has 25 heavy (non-hydrogen) atoms. The Morgan fingerprint density at radius 3 is 1.68 bits per heavy atom. The highest BCUT2D eigenvalue weighted by molar-refractivity contribution is 7.88. The van der Waals surface area contributed by atoms with Gasteiger partial charge in [0.15, 0.2) is 0 Å². The SMILES string of the molecule is Cc1cc(N2CCN(S(C)(=O)=O)CCN(S(C)(=O)=O)CC2)ccc1N. The van der Waals surface area contributed by atoms with Crippen LogP contribution in [-0.4, -0.2) is 77.2 Å². The predicted molar refractivity (Wildman–Crippen MR) is 101 cm³/mol. The zero-order chi connectivity index (χ0) is 18.8. The van der Waals surface area contributed by atoms with E-state index < -0.39 is 20.0 Å². The van der Waals surface area contributed by atoms with Gasteiger partial charge in [-0.3, -0.25) is 0 Å². The molecule has 10 heteroatoms. The zero-order valence-electron chi connectivity index (χ0n) is 14.8. The Balaban J connectivity index is 2.33. The molecule has 0 atom stereocenters. The Kier molecular flexibility index (Phi) is 5.97. The smallest absolute Gasteiger partial charge is 0.211 e. The van der Waals surface area contributed by atoms with E-state index in [1.54, 1.807) is 6.07 Å². The summed E-state index contributed by atoms with van der Waals surface area (Å²) in [5.41, 5.74) is 8.37. The molecular weight excluding hydrogens is 364 g/mol. The minimum atomic E-state index is -3.41. The van der Waals surface area contributed by atoms with Gasteiger partial charge in [-0.25, -0.2) is 16.8 Å². The molecule has 0 aromatic heterocycles. The van der Waals surface area contributed by atoms with Crippen LogP contribution in [0.3, 0.4) is 0 Å². The fraction of sp³-hybridized carbons (Fsp3) is 0.600. The molecule has 142 valence electrons. The average Bonchev–Trinajstić information content (AvgIpc) is 2.58. The van der Waals surface area contributed by atoms with Gasteiger partial charge in [0.2, 0.25) is 20.0 Å². The second-order valence-corrected chi connectivity index (χ2v) is 10.3. The van der Waals surface area contributed by atoms with Gasteiger partial charge in [-0.2, -0.15) is 8.61 Å². The molecule has 1 aliphatic heterocycles. The number of anilines is 2. The first-order valence-electron chi connectivity index (χ1n) is 8.00. The summed E-state index contributed by atoms with van der Waals surface area (Å²) < 4.78 is 50.6. The third kappa shape index (κ3) is 5.30. The lowest BCUT2D eigenvalue weighted by Gasteiger charge is -2.27. The van der Waals surface area contributed by atoms with Gasteiger partial charge in [0, 0.05) is 50.6 Å². The minimum absolute atomic E-state index is 0.153. The number of nitrogens with zero attached hydrogens (tertiary/aromatic N) is 3. The minimum Gasteiger partial charge on any atom is -0.399 e. The largest absolute Gasteiger partial charge is 0.399 e. The van der Waals surface area contributed by atoms with Crippen LogP contribution < -0.4 is 10.6 Å². The lowest BCUT2D eigenvalue weighted by molar-refractivity contribution is 0.368. The number of nitrogen functional groups attached to an aromatic ring is 1. The van der Waals surface area contributed by atoms with Crippen LogP contribution in [0.5, 0.6) is 0 Å². The second-order valence-electron chi connectivity index (χ2n) is 6.35. The molecule has 1 fully saturated rings. The fourth-order valence-corrected chi connectivity index (χ4v) is 4.45. The maximum Gasteiger partial charge on any atom is 0.211 e. The van der Waals surface area contributed by atoms with Gasteiger partial charge in [0.25, 0.3) is 0 Å². The first kappa shape index (κ1) is 20.0. The fourth-order valence-electron chi connectivity index (χ4n) is 2.80. The van der Waals surface area contributed by atoms with Crippen molar-refractivity contribution in [3.63, 3.8) is 0 Å². The van der Waals surface area contributed by atoms with Crippen molar-refractivity contribution < 1.29 is 16.8 Å².